The van der Waals surface area contributed by atoms with E-state index in [1.54, 1.807) is 17.0 Å². The number of halogens is 5. The van der Waals surface area contributed by atoms with E-state index in [9.17, 15) is 28.1 Å². The van der Waals surface area contributed by atoms with Crippen molar-refractivity contribution in [3.8, 4) is 5.75 Å². The molecule has 0 spiro atoms. The molecule has 7 nitrogen and oxygen atoms in total. The molecule has 12 heteroatoms. The van der Waals surface area contributed by atoms with Crippen LogP contribution >= 0.6 is 23.2 Å². The van der Waals surface area contributed by atoms with E-state index in [2.05, 4.69) is 5.32 Å². The van der Waals surface area contributed by atoms with Gasteiger partial charge in [0.2, 0.25) is 0 Å². The number of nitro benzene ring substituents is 1. The Morgan fingerprint density at radius 1 is 1.03 bits per heavy atom. The normalized spacial score (nSPS) is 13.1. The number of nitrogens with one attached hydrogen (secondary N) is 1. The van der Waals surface area contributed by atoms with Crippen molar-refractivity contribution in [1.82, 2.24) is 0 Å². The molecule has 0 saturated heterocycles. The van der Waals surface area contributed by atoms with E-state index in [1.165, 1.54) is 24.3 Å². The predicted molar refractivity (Wildman–Crippen MR) is 121 cm³/mol. The lowest BCUT2D eigenvalue weighted by molar-refractivity contribution is -0.384. The van der Waals surface area contributed by atoms with Crippen molar-refractivity contribution in [2.75, 3.05) is 23.4 Å². The van der Waals surface area contributed by atoms with Gasteiger partial charge < -0.3 is 15.0 Å². The number of nitrogens with zero attached hydrogens (tertiary/aromatic N) is 2. The highest BCUT2D eigenvalue weighted by Crippen LogP contribution is 2.42. The second-order valence-corrected chi connectivity index (χ2v) is 8.04. The zero-order valence-electron chi connectivity index (χ0n) is 17.0. The number of carbonyl (C=O) groups is 1. The number of anilines is 3. The molecule has 1 aliphatic heterocycles. The second-order valence-electron chi connectivity index (χ2n) is 7.22. The Labute approximate surface area is 200 Å². The Balaban J connectivity index is 1.60. The lowest BCUT2D eigenvalue weighted by Crippen LogP contribution is -2.29. The van der Waals surface area contributed by atoms with Crippen molar-refractivity contribution in [2.45, 2.75) is 6.18 Å². The molecule has 0 aliphatic carbocycles. The van der Waals surface area contributed by atoms with Crippen LogP contribution in [0.1, 0.15) is 15.9 Å². The van der Waals surface area contributed by atoms with Gasteiger partial charge in [-0.15, -0.1) is 0 Å². The van der Waals surface area contributed by atoms with E-state index in [4.69, 9.17) is 27.9 Å². The van der Waals surface area contributed by atoms with Crippen LogP contribution in [-0.2, 0) is 6.18 Å². The van der Waals surface area contributed by atoms with Crippen LogP contribution in [0, 0.1) is 10.1 Å². The highest BCUT2D eigenvalue weighted by molar-refractivity contribution is 6.34. The van der Waals surface area contributed by atoms with Gasteiger partial charge in [0, 0.05) is 23.9 Å². The first-order chi connectivity index (χ1) is 16.0. The minimum Gasteiger partial charge on any atom is -0.489 e. The number of rotatable bonds is 4. The van der Waals surface area contributed by atoms with Gasteiger partial charge in [-0.05, 0) is 36.4 Å². The molecular weight excluding hydrogens is 498 g/mol. The van der Waals surface area contributed by atoms with Crippen LogP contribution < -0.4 is 15.0 Å². The van der Waals surface area contributed by atoms with Gasteiger partial charge in [0.25, 0.3) is 11.6 Å². The maximum atomic E-state index is 13.0. The smallest absolute Gasteiger partial charge is 0.416 e. The summed E-state index contributed by atoms with van der Waals surface area (Å²) in [5, 5.41) is 13.6. The zero-order chi connectivity index (χ0) is 24.6. The van der Waals surface area contributed by atoms with Gasteiger partial charge in [0.1, 0.15) is 12.4 Å². The standard InChI is InChI=1S/C22H14Cl2F3N3O4/c23-16-4-3-14(30(32)33)11-15(16)21(31)28-13-2-6-19-20(10-13)34-8-7-29(19)18-5-1-12(9-17(18)24)22(25,26)27/h1-6,9-11H,7-8H2,(H,28,31). The van der Waals surface area contributed by atoms with E-state index in [1.807, 2.05) is 0 Å². The summed E-state index contributed by atoms with van der Waals surface area (Å²) in [4.78, 5) is 24.7. The topological polar surface area (TPSA) is 84.7 Å². The molecular formula is C22H14Cl2F3N3O4. The summed E-state index contributed by atoms with van der Waals surface area (Å²) < 4.78 is 44.6. The molecule has 34 heavy (non-hydrogen) atoms. The largest absolute Gasteiger partial charge is 0.489 e. The summed E-state index contributed by atoms with van der Waals surface area (Å²) in [5.41, 5.74) is 0.0259. The van der Waals surface area contributed by atoms with Crippen LogP contribution in [0.25, 0.3) is 0 Å². The highest BCUT2D eigenvalue weighted by Gasteiger charge is 2.32. The quantitative estimate of drug-likeness (QED) is 0.311. The molecule has 0 saturated carbocycles. The Morgan fingerprint density at radius 3 is 2.44 bits per heavy atom. The van der Waals surface area contributed by atoms with Gasteiger partial charge in [0.05, 0.1) is 44.0 Å². The third kappa shape index (κ3) is 4.73. The number of nitro groups is 1. The van der Waals surface area contributed by atoms with Gasteiger partial charge in [-0.3, -0.25) is 14.9 Å². The van der Waals surface area contributed by atoms with Crippen LogP contribution in [0.5, 0.6) is 5.75 Å². The van der Waals surface area contributed by atoms with Crippen LogP contribution in [0.15, 0.2) is 54.6 Å². The number of non-ortho nitro benzene ring substituents is 1. The van der Waals surface area contributed by atoms with Crippen molar-refractivity contribution in [3.63, 3.8) is 0 Å². The molecule has 0 unspecified atom stereocenters. The summed E-state index contributed by atoms with van der Waals surface area (Å²) in [6.07, 6.45) is -4.51. The van der Waals surface area contributed by atoms with Gasteiger partial charge in [0.15, 0.2) is 0 Å². The van der Waals surface area contributed by atoms with Crippen molar-refractivity contribution in [1.29, 1.82) is 0 Å². The minimum absolute atomic E-state index is 0.0421. The van der Waals surface area contributed by atoms with Crippen molar-refractivity contribution in [2.24, 2.45) is 0 Å². The fraction of sp³-hybridized carbons (Fsp3) is 0.136. The minimum atomic E-state index is -4.51. The van der Waals surface area contributed by atoms with Gasteiger partial charge in [-0.25, -0.2) is 0 Å². The molecule has 1 amide bonds. The fourth-order valence-electron chi connectivity index (χ4n) is 3.45. The van der Waals surface area contributed by atoms with Gasteiger partial charge in [-0.2, -0.15) is 13.2 Å². The van der Waals surface area contributed by atoms with Crippen molar-refractivity contribution in [3.05, 3.63) is 85.9 Å². The number of ether oxygens (including phenoxy) is 1. The first-order valence-corrected chi connectivity index (χ1v) is 10.5. The summed E-state index contributed by atoms with van der Waals surface area (Å²) in [7, 11) is 0. The van der Waals surface area contributed by atoms with E-state index in [0.29, 0.717) is 29.4 Å². The maximum Gasteiger partial charge on any atom is 0.416 e. The molecule has 0 radical (unpaired) electrons. The Kier molecular flexibility index (Phi) is 6.28. The van der Waals surface area contributed by atoms with Gasteiger partial charge >= 0.3 is 6.18 Å². The summed E-state index contributed by atoms with van der Waals surface area (Å²) in [6.45, 7) is 0.561. The SMILES string of the molecule is O=C(Nc1ccc2c(c1)OCCN2c1ccc(C(F)(F)F)cc1Cl)c1cc([N+](=O)[O-])ccc1Cl. The van der Waals surface area contributed by atoms with E-state index in [-0.39, 0.29) is 27.9 Å². The third-order valence-electron chi connectivity index (χ3n) is 5.05. The lowest BCUT2D eigenvalue weighted by Gasteiger charge is -2.32. The average Bonchev–Trinajstić information content (AvgIpc) is 2.78. The molecule has 0 fully saturated rings. The molecule has 1 heterocycles. The van der Waals surface area contributed by atoms with Crippen molar-refractivity contribution < 1.29 is 27.6 Å². The average molecular weight is 512 g/mol. The third-order valence-corrected chi connectivity index (χ3v) is 5.68. The number of hydrogen-bond donors (Lipinski definition) is 1. The first-order valence-electron chi connectivity index (χ1n) is 9.71. The number of carbonyl (C=O) groups excluding carboxylic acids is 1. The Bertz CT molecular complexity index is 1300. The number of alkyl halides is 3. The maximum absolute atomic E-state index is 13.0. The van der Waals surface area contributed by atoms with Crippen LogP contribution in [0.2, 0.25) is 10.0 Å². The first kappa shape index (κ1) is 23.7. The lowest BCUT2D eigenvalue weighted by atomic mass is 10.1. The number of hydrogen-bond acceptors (Lipinski definition) is 5. The molecule has 3 aromatic rings. The Hall–Kier alpha value is -3.50. The zero-order valence-corrected chi connectivity index (χ0v) is 18.5. The number of fused-ring (bicyclic) bond motifs is 1. The van der Waals surface area contributed by atoms with Crippen LogP contribution in [-0.4, -0.2) is 24.0 Å². The highest BCUT2D eigenvalue weighted by atomic mass is 35.5. The molecule has 0 bridgehead atoms. The van der Waals surface area contributed by atoms with E-state index < -0.39 is 22.6 Å². The second kappa shape index (κ2) is 9.03. The molecule has 176 valence electrons. The fourth-order valence-corrected chi connectivity index (χ4v) is 3.94. The molecule has 1 N–H and O–H groups in total. The molecule has 1 aliphatic rings. The molecule has 0 atom stereocenters. The van der Waals surface area contributed by atoms with Crippen LogP contribution in [0.3, 0.4) is 0 Å². The molecule has 3 aromatic carbocycles. The monoisotopic (exact) mass is 511 g/mol. The number of amides is 1. The van der Waals surface area contributed by atoms with Crippen molar-refractivity contribution >= 4 is 51.9 Å². The van der Waals surface area contributed by atoms with E-state index in [0.717, 1.165) is 18.2 Å². The molecule has 0 aromatic heterocycles. The van der Waals surface area contributed by atoms with Gasteiger partial charge in [-0.1, -0.05) is 23.2 Å². The predicted octanol–water partition coefficient (Wildman–Crippen LogP) is 6.70. The summed E-state index contributed by atoms with van der Waals surface area (Å²) in [5.74, 6) is -0.294. The molecule has 4 rings (SSSR count). The van der Waals surface area contributed by atoms with E-state index >= 15 is 0 Å². The summed E-state index contributed by atoms with van der Waals surface area (Å²) in [6, 6.07) is 11.3. The number of benzene rings is 3. The van der Waals surface area contributed by atoms with Crippen LogP contribution in [0.4, 0.5) is 35.9 Å². The Morgan fingerprint density at radius 2 is 1.76 bits per heavy atom. The summed E-state index contributed by atoms with van der Waals surface area (Å²) >= 11 is 12.2.